The highest BCUT2D eigenvalue weighted by Gasteiger charge is 2.19. The molecule has 0 bridgehead atoms. The summed E-state index contributed by atoms with van der Waals surface area (Å²) in [7, 11) is 0. The summed E-state index contributed by atoms with van der Waals surface area (Å²) in [5.41, 5.74) is 0.441. The van der Waals surface area contributed by atoms with Crippen LogP contribution in [-0.4, -0.2) is 11.0 Å². The Morgan fingerprint density at radius 3 is 2.57 bits per heavy atom. The molecule has 116 valence electrons. The molecule has 1 aliphatic rings. The van der Waals surface area contributed by atoms with Gasteiger partial charge in [0.05, 0.1) is 11.0 Å². The van der Waals surface area contributed by atoms with Crippen LogP contribution in [0, 0.1) is 21.8 Å². The molecule has 2 rings (SSSR count). The lowest BCUT2D eigenvalue weighted by Gasteiger charge is -2.23. The van der Waals surface area contributed by atoms with E-state index in [1.54, 1.807) is 0 Å². The first kappa shape index (κ1) is 15.9. The standard InChI is InChI=1S/C16H23FN2O2/c1-12(14-6-4-2-3-5-7-14)18-11-13-8-15(17)10-16(9-13)19(20)21/h8-10,12,14,18H,2-7,11H2,1H3/t12-/m0/s1. The average Bonchev–Trinajstić information content (AvgIpc) is 2.73. The number of hydrogen-bond acceptors (Lipinski definition) is 3. The third kappa shape index (κ3) is 4.77. The monoisotopic (exact) mass is 294 g/mol. The third-order valence-corrected chi connectivity index (χ3v) is 4.39. The van der Waals surface area contributed by atoms with Crippen molar-refractivity contribution < 1.29 is 9.31 Å². The molecule has 1 saturated carbocycles. The fourth-order valence-corrected chi connectivity index (χ4v) is 3.10. The molecular weight excluding hydrogens is 271 g/mol. The molecule has 0 heterocycles. The van der Waals surface area contributed by atoms with Gasteiger partial charge >= 0.3 is 0 Å². The van der Waals surface area contributed by atoms with Gasteiger partial charge in [-0.1, -0.05) is 25.7 Å². The number of nitrogens with one attached hydrogen (secondary N) is 1. The Morgan fingerprint density at radius 2 is 1.95 bits per heavy atom. The quantitative estimate of drug-likeness (QED) is 0.503. The molecule has 1 aromatic rings. The maximum atomic E-state index is 13.4. The van der Waals surface area contributed by atoms with Gasteiger partial charge in [-0.15, -0.1) is 0 Å². The largest absolute Gasteiger partial charge is 0.310 e. The Bertz CT molecular complexity index is 485. The molecule has 0 aromatic heterocycles. The van der Waals surface area contributed by atoms with E-state index in [0.717, 1.165) is 6.07 Å². The molecule has 0 aliphatic heterocycles. The number of rotatable bonds is 5. The summed E-state index contributed by atoms with van der Waals surface area (Å²) in [6, 6.07) is 4.11. The van der Waals surface area contributed by atoms with Gasteiger partial charge in [0, 0.05) is 18.7 Å². The number of nitro benzene ring substituents is 1. The van der Waals surface area contributed by atoms with E-state index in [0.29, 0.717) is 24.1 Å². The zero-order valence-corrected chi connectivity index (χ0v) is 12.5. The maximum Gasteiger partial charge on any atom is 0.272 e. The molecule has 1 N–H and O–H groups in total. The number of hydrogen-bond donors (Lipinski definition) is 1. The second-order valence-corrected chi connectivity index (χ2v) is 6.00. The molecule has 0 saturated heterocycles. The molecule has 0 radical (unpaired) electrons. The van der Waals surface area contributed by atoms with E-state index in [9.17, 15) is 14.5 Å². The zero-order valence-electron chi connectivity index (χ0n) is 12.5. The van der Waals surface area contributed by atoms with Crippen molar-refractivity contribution >= 4 is 5.69 Å². The fourth-order valence-electron chi connectivity index (χ4n) is 3.10. The minimum Gasteiger partial charge on any atom is -0.310 e. The summed E-state index contributed by atoms with van der Waals surface area (Å²) in [6.45, 7) is 2.62. The van der Waals surface area contributed by atoms with E-state index in [2.05, 4.69) is 12.2 Å². The molecule has 1 aliphatic carbocycles. The number of nitrogens with zero attached hydrogens (tertiary/aromatic N) is 1. The summed E-state index contributed by atoms with van der Waals surface area (Å²) in [6.07, 6.45) is 7.66. The summed E-state index contributed by atoms with van der Waals surface area (Å²) in [5.74, 6) is 0.0964. The molecule has 5 heteroatoms. The van der Waals surface area contributed by atoms with Crippen LogP contribution in [0.4, 0.5) is 10.1 Å². The summed E-state index contributed by atoms with van der Waals surface area (Å²) in [4.78, 5) is 10.2. The van der Waals surface area contributed by atoms with Crippen molar-refractivity contribution in [2.75, 3.05) is 0 Å². The van der Waals surface area contributed by atoms with Crippen LogP contribution in [-0.2, 0) is 6.54 Å². The van der Waals surface area contributed by atoms with Crippen molar-refractivity contribution in [3.05, 3.63) is 39.7 Å². The van der Waals surface area contributed by atoms with Crippen LogP contribution in [0.2, 0.25) is 0 Å². The minimum atomic E-state index is -0.554. The predicted molar refractivity (Wildman–Crippen MR) is 80.5 cm³/mol. The van der Waals surface area contributed by atoms with Gasteiger partial charge in [-0.05, 0) is 37.3 Å². The molecule has 1 atom stereocenters. The second kappa shape index (κ2) is 7.50. The van der Waals surface area contributed by atoms with Gasteiger partial charge in [0.25, 0.3) is 5.69 Å². The van der Waals surface area contributed by atoms with Crippen LogP contribution < -0.4 is 5.32 Å². The number of halogens is 1. The Balaban J connectivity index is 1.94. The van der Waals surface area contributed by atoms with Crippen molar-refractivity contribution in [3.8, 4) is 0 Å². The number of nitro groups is 1. The highest BCUT2D eigenvalue weighted by Crippen LogP contribution is 2.25. The fraction of sp³-hybridized carbons (Fsp3) is 0.625. The molecule has 0 unspecified atom stereocenters. The van der Waals surface area contributed by atoms with E-state index in [4.69, 9.17) is 0 Å². The first-order valence-corrected chi connectivity index (χ1v) is 7.73. The third-order valence-electron chi connectivity index (χ3n) is 4.39. The average molecular weight is 294 g/mol. The van der Waals surface area contributed by atoms with Crippen molar-refractivity contribution in [2.45, 2.75) is 58.0 Å². The number of non-ortho nitro benzene ring substituents is 1. The summed E-state index contributed by atoms with van der Waals surface area (Å²) >= 11 is 0. The lowest BCUT2D eigenvalue weighted by Crippen LogP contribution is -2.33. The summed E-state index contributed by atoms with van der Waals surface area (Å²) < 4.78 is 13.4. The second-order valence-electron chi connectivity index (χ2n) is 6.00. The van der Waals surface area contributed by atoms with Crippen LogP contribution >= 0.6 is 0 Å². The van der Waals surface area contributed by atoms with Crippen LogP contribution in [0.15, 0.2) is 18.2 Å². The molecular formula is C16H23FN2O2. The smallest absolute Gasteiger partial charge is 0.272 e. The lowest BCUT2D eigenvalue weighted by molar-refractivity contribution is -0.385. The Labute approximate surface area is 124 Å². The van der Waals surface area contributed by atoms with E-state index in [1.807, 2.05) is 0 Å². The normalized spacial score (nSPS) is 18.2. The molecule has 0 amide bonds. The van der Waals surface area contributed by atoms with E-state index < -0.39 is 10.7 Å². The van der Waals surface area contributed by atoms with E-state index >= 15 is 0 Å². The van der Waals surface area contributed by atoms with Gasteiger partial charge < -0.3 is 5.32 Å². The Kier molecular flexibility index (Phi) is 5.67. The lowest BCUT2D eigenvalue weighted by atomic mass is 9.93. The van der Waals surface area contributed by atoms with Gasteiger partial charge in [0.15, 0.2) is 0 Å². The van der Waals surface area contributed by atoms with Gasteiger partial charge in [-0.2, -0.15) is 0 Å². The van der Waals surface area contributed by atoms with Gasteiger partial charge in [0.2, 0.25) is 0 Å². The van der Waals surface area contributed by atoms with Gasteiger partial charge in [-0.25, -0.2) is 4.39 Å². The number of benzene rings is 1. The van der Waals surface area contributed by atoms with Crippen LogP contribution in [0.1, 0.15) is 51.0 Å². The van der Waals surface area contributed by atoms with Crippen LogP contribution in [0.5, 0.6) is 0 Å². The molecule has 4 nitrogen and oxygen atoms in total. The maximum absolute atomic E-state index is 13.4. The highest BCUT2D eigenvalue weighted by atomic mass is 19.1. The van der Waals surface area contributed by atoms with Gasteiger partial charge in [-0.3, -0.25) is 10.1 Å². The highest BCUT2D eigenvalue weighted by molar-refractivity contribution is 5.35. The van der Waals surface area contributed by atoms with Crippen LogP contribution in [0.3, 0.4) is 0 Å². The Hall–Kier alpha value is -1.49. The van der Waals surface area contributed by atoms with Crippen LogP contribution in [0.25, 0.3) is 0 Å². The van der Waals surface area contributed by atoms with Crippen molar-refractivity contribution in [1.82, 2.24) is 5.32 Å². The van der Waals surface area contributed by atoms with Crippen molar-refractivity contribution in [3.63, 3.8) is 0 Å². The molecule has 0 spiro atoms. The van der Waals surface area contributed by atoms with Crippen molar-refractivity contribution in [1.29, 1.82) is 0 Å². The van der Waals surface area contributed by atoms with E-state index in [1.165, 1.54) is 50.7 Å². The molecule has 1 fully saturated rings. The SMILES string of the molecule is C[C@H](NCc1cc(F)cc([N+](=O)[O-])c1)C1CCCCCC1. The summed E-state index contributed by atoms with van der Waals surface area (Å²) in [5, 5.41) is 14.1. The zero-order chi connectivity index (χ0) is 15.2. The van der Waals surface area contributed by atoms with Crippen molar-refractivity contribution in [2.24, 2.45) is 5.92 Å². The first-order chi connectivity index (χ1) is 10.1. The first-order valence-electron chi connectivity index (χ1n) is 7.73. The minimum absolute atomic E-state index is 0.186. The molecule has 1 aromatic carbocycles. The van der Waals surface area contributed by atoms with E-state index in [-0.39, 0.29) is 5.69 Å². The Morgan fingerprint density at radius 1 is 1.29 bits per heavy atom. The topological polar surface area (TPSA) is 55.2 Å². The molecule has 21 heavy (non-hydrogen) atoms. The predicted octanol–water partition coefficient (Wildman–Crippen LogP) is 4.18. The van der Waals surface area contributed by atoms with Gasteiger partial charge in [0.1, 0.15) is 5.82 Å².